The lowest BCUT2D eigenvalue weighted by atomic mass is 10.1. The number of hydrogen-bond donors (Lipinski definition) is 1. The number of aromatic nitrogens is 2. The van der Waals surface area contributed by atoms with Crippen LogP contribution in [0, 0.1) is 0 Å². The minimum Gasteiger partial charge on any atom is -0.497 e. The van der Waals surface area contributed by atoms with Crippen molar-refractivity contribution >= 4 is 16.7 Å². The fourth-order valence-corrected chi connectivity index (χ4v) is 2.59. The van der Waals surface area contributed by atoms with Crippen molar-refractivity contribution in [3.05, 3.63) is 42.5 Å². The molecule has 1 heterocycles. The van der Waals surface area contributed by atoms with Crippen molar-refractivity contribution in [2.45, 2.75) is 19.9 Å². The molecule has 0 amide bonds. The van der Waals surface area contributed by atoms with Gasteiger partial charge in [0, 0.05) is 23.9 Å². The number of rotatable bonds is 4. The molecular weight excluding hydrogens is 262 g/mol. The Morgan fingerprint density at radius 2 is 2.00 bits per heavy atom. The zero-order chi connectivity index (χ0) is 14.8. The van der Waals surface area contributed by atoms with E-state index in [1.807, 2.05) is 36.4 Å². The summed E-state index contributed by atoms with van der Waals surface area (Å²) in [6.45, 7) is 3.07. The predicted octanol–water partition coefficient (Wildman–Crippen LogP) is 3.70. The second-order valence-corrected chi connectivity index (χ2v) is 5.03. The van der Waals surface area contributed by atoms with Crippen LogP contribution in [0.4, 0.5) is 5.69 Å². The van der Waals surface area contributed by atoms with Crippen molar-refractivity contribution in [3.63, 3.8) is 0 Å². The Kier molecular flexibility index (Phi) is 3.52. The summed E-state index contributed by atoms with van der Waals surface area (Å²) in [7, 11) is 1.67. The smallest absolute Gasteiger partial charge is 0.143 e. The molecule has 2 aromatic carbocycles. The van der Waals surface area contributed by atoms with E-state index in [9.17, 15) is 0 Å². The fourth-order valence-electron chi connectivity index (χ4n) is 2.59. The van der Waals surface area contributed by atoms with Crippen LogP contribution in [0.25, 0.3) is 22.4 Å². The van der Waals surface area contributed by atoms with Crippen LogP contribution in [0.1, 0.15) is 13.3 Å². The maximum absolute atomic E-state index is 6.12. The van der Waals surface area contributed by atoms with E-state index < -0.39 is 0 Å². The molecule has 0 saturated carbocycles. The van der Waals surface area contributed by atoms with Gasteiger partial charge in [0.15, 0.2) is 0 Å². The molecule has 0 fully saturated rings. The Bertz CT molecular complexity index is 777. The van der Waals surface area contributed by atoms with Crippen LogP contribution in [0.15, 0.2) is 42.5 Å². The second-order valence-electron chi connectivity index (χ2n) is 5.03. The minimum atomic E-state index is 0.747. The maximum Gasteiger partial charge on any atom is 0.143 e. The van der Waals surface area contributed by atoms with Crippen LogP contribution in [-0.4, -0.2) is 16.7 Å². The number of nitrogens with zero attached hydrogens (tertiary/aromatic N) is 2. The number of hydrogen-bond acceptors (Lipinski definition) is 3. The number of nitrogen functional groups attached to an aromatic ring is 1. The van der Waals surface area contributed by atoms with E-state index in [0.717, 1.165) is 46.8 Å². The van der Waals surface area contributed by atoms with E-state index in [0.29, 0.717) is 0 Å². The van der Waals surface area contributed by atoms with Crippen LogP contribution in [0.3, 0.4) is 0 Å². The molecule has 4 heteroatoms. The number of fused-ring (bicyclic) bond motifs is 1. The summed E-state index contributed by atoms with van der Waals surface area (Å²) >= 11 is 0. The van der Waals surface area contributed by atoms with Gasteiger partial charge in [0.25, 0.3) is 0 Å². The van der Waals surface area contributed by atoms with Gasteiger partial charge in [-0.05, 0) is 30.7 Å². The Hall–Kier alpha value is -2.49. The third kappa shape index (κ3) is 2.33. The molecule has 0 saturated heterocycles. The average Bonchev–Trinajstić information content (AvgIpc) is 2.86. The highest BCUT2D eigenvalue weighted by atomic mass is 16.5. The van der Waals surface area contributed by atoms with Gasteiger partial charge in [0.1, 0.15) is 11.6 Å². The van der Waals surface area contributed by atoms with Crippen molar-refractivity contribution in [2.24, 2.45) is 0 Å². The molecule has 0 aliphatic rings. The number of imidazole rings is 1. The minimum absolute atomic E-state index is 0.747. The highest BCUT2D eigenvalue weighted by Gasteiger charge is 2.14. The number of methoxy groups -OCH3 is 1. The van der Waals surface area contributed by atoms with Gasteiger partial charge >= 0.3 is 0 Å². The first kappa shape index (κ1) is 13.5. The van der Waals surface area contributed by atoms with Crippen molar-refractivity contribution < 1.29 is 4.74 Å². The van der Waals surface area contributed by atoms with Gasteiger partial charge in [-0.2, -0.15) is 0 Å². The summed E-state index contributed by atoms with van der Waals surface area (Å²) in [6, 6.07) is 13.8. The van der Waals surface area contributed by atoms with E-state index in [1.165, 1.54) is 0 Å². The number of benzene rings is 2. The number of para-hydroxylation sites is 1. The lowest BCUT2D eigenvalue weighted by Gasteiger charge is -2.09. The predicted molar refractivity (Wildman–Crippen MR) is 86.4 cm³/mol. The number of nitrogens with two attached hydrogens (primary N) is 1. The van der Waals surface area contributed by atoms with E-state index in [1.54, 1.807) is 7.11 Å². The van der Waals surface area contributed by atoms with Crippen LogP contribution < -0.4 is 10.5 Å². The Morgan fingerprint density at radius 1 is 1.19 bits per heavy atom. The van der Waals surface area contributed by atoms with Crippen LogP contribution in [0.2, 0.25) is 0 Å². The molecule has 4 nitrogen and oxygen atoms in total. The number of ether oxygens (including phenoxy) is 1. The molecule has 0 atom stereocenters. The van der Waals surface area contributed by atoms with E-state index in [-0.39, 0.29) is 0 Å². The monoisotopic (exact) mass is 281 g/mol. The molecule has 0 unspecified atom stereocenters. The summed E-state index contributed by atoms with van der Waals surface area (Å²) in [5, 5.41) is 0. The van der Waals surface area contributed by atoms with Crippen molar-refractivity contribution in [2.75, 3.05) is 12.8 Å². The molecule has 108 valence electrons. The van der Waals surface area contributed by atoms with Gasteiger partial charge in [-0.15, -0.1) is 0 Å². The normalized spacial score (nSPS) is 11.0. The lowest BCUT2D eigenvalue weighted by Crippen LogP contribution is -2.01. The van der Waals surface area contributed by atoms with Gasteiger partial charge in [-0.1, -0.05) is 19.1 Å². The van der Waals surface area contributed by atoms with Gasteiger partial charge in [0.2, 0.25) is 0 Å². The largest absolute Gasteiger partial charge is 0.497 e. The first-order valence-electron chi connectivity index (χ1n) is 7.13. The molecule has 21 heavy (non-hydrogen) atoms. The highest BCUT2D eigenvalue weighted by molar-refractivity contribution is 5.84. The van der Waals surface area contributed by atoms with Crippen LogP contribution in [0.5, 0.6) is 5.75 Å². The maximum atomic E-state index is 6.12. The van der Waals surface area contributed by atoms with Crippen molar-refractivity contribution in [1.82, 2.24) is 9.55 Å². The zero-order valence-corrected chi connectivity index (χ0v) is 12.3. The van der Waals surface area contributed by atoms with E-state index >= 15 is 0 Å². The molecular formula is C17H19N3O. The summed E-state index contributed by atoms with van der Waals surface area (Å²) in [4.78, 5) is 4.77. The third-order valence-electron chi connectivity index (χ3n) is 3.60. The van der Waals surface area contributed by atoms with Gasteiger partial charge in [0.05, 0.1) is 18.1 Å². The van der Waals surface area contributed by atoms with Gasteiger partial charge in [-0.3, -0.25) is 0 Å². The molecule has 0 aliphatic heterocycles. The van der Waals surface area contributed by atoms with E-state index in [4.69, 9.17) is 15.5 Å². The number of aryl methyl sites for hydroxylation is 1. The molecule has 0 aliphatic carbocycles. The summed E-state index contributed by atoms with van der Waals surface area (Å²) < 4.78 is 7.51. The molecule has 3 aromatic rings. The summed E-state index contributed by atoms with van der Waals surface area (Å²) in [5.74, 6) is 1.73. The van der Waals surface area contributed by atoms with Crippen molar-refractivity contribution in [3.8, 4) is 17.1 Å². The SMILES string of the molecule is CCCn1c(-c2ccccc2N)nc2cc(OC)ccc21. The molecule has 0 bridgehead atoms. The van der Waals surface area contributed by atoms with Crippen molar-refractivity contribution in [1.29, 1.82) is 0 Å². The Balaban J connectivity index is 2.26. The highest BCUT2D eigenvalue weighted by Crippen LogP contribution is 2.30. The standard InChI is InChI=1S/C17H19N3O/c1-3-10-20-16-9-8-12(21-2)11-15(16)19-17(20)13-6-4-5-7-14(13)18/h4-9,11H,3,10,18H2,1-2H3. The summed E-state index contributed by atoms with van der Waals surface area (Å²) in [6.07, 6.45) is 1.04. The summed E-state index contributed by atoms with van der Waals surface area (Å²) in [5.41, 5.74) is 9.88. The van der Waals surface area contributed by atoms with Gasteiger partial charge in [-0.25, -0.2) is 4.98 Å². The Labute approximate surface area is 124 Å². The molecule has 3 rings (SSSR count). The first-order valence-corrected chi connectivity index (χ1v) is 7.13. The molecule has 1 aromatic heterocycles. The first-order chi connectivity index (χ1) is 10.2. The van der Waals surface area contributed by atoms with E-state index in [2.05, 4.69) is 17.6 Å². The second kappa shape index (κ2) is 5.48. The lowest BCUT2D eigenvalue weighted by molar-refractivity contribution is 0.415. The molecule has 2 N–H and O–H groups in total. The zero-order valence-electron chi connectivity index (χ0n) is 12.3. The third-order valence-corrected chi connectivity index (χ3v) is 3.60. The fraction of sp³-hybridized carbons (Fsp3) is 0.235. The van der Waals surface area contributed by atoms with Crippen LogP contribution >= 0.6 is 0 Å². The quantitative estimate of drug-likeness (QED) is 0.742. The molecule has 0 spiro atoms. The average molecular weight is 281 g/mol. The Morgan fingerprint density at radius 3 is 2.71 bits per heavy atom. The molecule has 0 radical (unpaired) electrons. The number of anilines is 1. The van der Waals surface area contributed by atoms with Gasteiger partial charge < -0.3 is 15.0 Å². The van der Waals surface area contributed by atoms with Crippen LogP contribution in [-0.2, 0) is 6.54 Å². The topological polar surface area (TPSA) is 53.1 Å².